The zero-order chi connectivity index (χ0) is 15.8. The lowest BCUT2D eigenvalue weighted by Crippen LogP contribution is -2.48. The molecule has 1 aromatic rings. The van der Waals surface area contributed by atoms with E-state index in [1.165, 1.54) is 10.4 Å². The van der Waals surface area contributed by atoms with Gasteiger partial charge >= 0.3 is 0 Å². The van der Waals surface area contributed by atoms with Crippen LogP contribution in [0.1, 0.15) is 30.4 Å². The molecule has 1 fully saturated rings. The summed E-state index contributed by atoms with van der Waals surface area (Å²) in [6, 6.07) is 2.50. The number of hydrogen-bond donors (Lipinski definition) is 1. The Labute approximate surface area is 123 Å². The number of nitrogens with two attached hydrogens (primary N) is 1. The first-order chi connectivity index (χ1) is 9.75. The molecule has 2 rings (SSSR count). The second-order valence-corrected chi connectivity index (χ2v) is 7.18. The van der Waals surface area contributed by atoms with Crippen LogP contribution in [0.3, 0.4) is 0 Å². The zero-order valence-corrected chi connectivity index (χ0v) is 12.9. The number of non-ortho nitro benzene ring substituents is 1. The van der Waals surface area contributed by atoms with Gasteiger partial charge in [-0.2, -0.15) is 4.31 Å². The lowest BCUT2D eigenvalue weighted by atomic mass is 10.1. The summed E-state index contributed by atoms with van der Waals surface area (Å²) < 4.78 is 26.8. The van der Waals surface area contributed by atoms with Gasteiger partial charge in [0.25, 0.3) is 5.69 Å². The van der Waals surface area contributed by atoms with E-state index in [0.29, 0.717) is 24.1 Å². The average molecular weight is 313 g/mol. The Morgan fingerprint density at radius 1 is 1.33 bits per heavy atom. The van der Waals surface area contributed by atoms with Crippen LogP contribution in [-0.4, -0.2) is 30.4 Å². The van der Waals surface area contributed by atoms with Gasteiger partial charge in [-0.15, -0.1) is 0 Å². The molecule has 1 atom stereocenters. The van der Waals surface area contributed by atoms with Crippen molar-refractivity contribution >= 4 is 15.7 Å². The van der Waals surface area contributed by atoms with E-state index in [1.54, 1.807) is 13.8 Å². The van der Waals surface area contributed by atoms with Crippen molar-refractivity contribution < 1.29 is 13.3 Å². The molecule has 1 unspecified atom stereocenters. The Balaban J connectivity index is 2.56. The Hall–Kier alpha value is -1.51. The minimum atomic E-state index is -3.82. The van der Waals surface area contributed by atoms with Gasteiger partial charge in [0.15, 0.2) is 0 Å². The van der Waals surface area contributed by atoms with E-state index in [1.807, 2.05) is 0 Å². The number of nitro benzene ring substituents is 1. The molecule has 0 aliphatic carbocycles. The normalized spacial score (nSPS) is 20.4. The van der Waals surface area contributed by atoms with Crippen molar-refractivity contribution in [3.8, 4) is 0 Å². The number of piperidine rings is 1. The molecule has 0 radical (unpaired) electrons. The average Bonchev–Trinajstić information content (AvgIpc) is 2.41. The highest BCUT2D eigenvalue weighted by Gasteiger charge is 2.33. The minimum Gasteiger partial charge on any atom is -0.315 e. The van der Waals surface area contributed by atoms with E-state index >= 15 is 0 Å². The molecule has 1 aliphatic heterocycles. The quantitative estimate of drug-likeness (QED) is 0.674. The number of rotatable bonds is 3. The van der Waals surface area contributed by atoms with E-state index in [0.717, 1.165) is 18.9 Å². The van der Waals surface area contributed by atoms with Gasteiger partial charge in [-0.3, -0.25) is 10.1 Å². The van der Waals surface area contributed by atoms with Crippen LogP contribution in [0.15, 0.2) is 17.0 Å². The van der Waals surface area contributed by atoms with Gasteiger partial charge in [-0.05, 0) is 44.2 Å². The van der Waals surface area contributed by atoms with Crippen molar-refractivity contribution in [2.24, 2.45) is 5.73 Å². The lowest BCUT2D eigenvalue weighted by Gasteiger charge is -2.32. The highest BCUT2D eigenvalue weighted by Crippen LogP contribution is 2.30. The summed E-state index contributed by atoms with van der Waals surface area (Å²) in [4.78, 5) is 10.4. The Morgan fingerprint density at radius 2 is 2.00 bits per heavy atom. The monoisotopic (exact) mass is 313 g/mol. The lowest BCUT2D eigenvalue weighted by molar-refractivity contribution is -0.385. The molecular weight excluding hydrogens is 294 g/mol. The molecule has 0 bridgehead atoms. The van der Waals surface area contributed by atoms with Gasteiger partial charge in [0.05, 0.1) is 16.0 Å². The van der Waals surface area contributed by atoms with E-state index in [9.17, 15) is 18.5 Å². The summed E-state index contributed by atoms with van der Waals surface area (Å²) in [7, 11) is -3.82. The molecule has 1 aromatic carbocycles. The maximum atomic E-state index is 12.8. The van der Waals surface area contributed by atoms with Crippen LogP contribution < -0.4 is 5.73 Å². The molecule has 8 heteroatoms. The summed E-state index contributed by atoms with van der Waals surface area (Å²) in [6.45, 7) is 3.67. The summed E-state index contributed by atoms with van der Waals surface area (Å²) in [5.41, 5.74) is 6.78. The van der Waals surface area contributed by atoms with E-state index in [-0.39, 0.29) is 10.6 Å². The number of nitrogens with zero attached hydrogens (tertiary/aromatic N) is 2. The fourth-order valence-electron chi connectivity index (χ4n) is 2.54. The first-order valence-corrected chi connectivity index (χ1v) is 8.22. The van der Waals surface area contributed by atoms with Crippen LogP contribution in [-0.2, 0) is 10.0 Å². The summed E-state index contributed by atoms with van der Waals surface area (Å²) >= 11 is 0. The molecule has 2 N–H and O–H groups in total. The van der Waals surface area contributed by atoms with Crippen molar-refractivity contribution in [3.63, 3.8) is 0 Å². The van der Waals surface area contributed by atoms with Gasteiger partial charge in [0.2, 0.25) is 10.0 Å². The van der Waals surface area contributed by atoms with Crippen LogP contribution in [0.5, 0.6) is 0 Å². The SMILES string of the molecule is Cc1cc([N+](=O)[O-])cc(S(=O)(=O)N2CCCCC2N)c1C. The second kappa shape index (κ2) is 5.70. The second-order valence-electron chi connectivity index (χ2n) is 5.32. The maximum absolute atomic E-state index is 12.8. The fourth-order valence-corrected chi connectivity index (χ4v) is 4.44. The van der Waals surface area contributed by atoms with Crippen molar-refractivity contribution in [2.45, 2.75) is 44.2 Å². The third kappa shape index (κ3) is 2.92. The largest absolute Gasteiger partial charge is 0.315 e. The molecule has 0 aromatic heterocycles. The molecule has 0 amide bonds. The first-order valence-electron chi connectivity index (χ1n) is 6.78. The van der Waals surface area contributed by atoms with Crippen LogP contribution in [0, 0.1) is 24.0 Å². The number of aryl methyl sites for hydroxylation is 1. The molecule has 21 heavy (non-hydrogen) atoms. The smallest absolute Gasteiger partial charge is 0.271 e. The number of benzene rings is 1. The predicted molar refractivity (Wildman–Crippen MR) is 78.3 cm³/mol. The van der Waals surface area contributed by atoms with Crippen molar-refractivity contribution in [1.29, 1.82) is 0 Å². The van der Waals surface area contributed by atoms with Crippen molar-refractivity contribution in [3.05, 3.63) is 33.4 Å². The topological polar surface area (TPSA) is 107 Å². The Bertz CT molecular complexity index is 672. The third-order valence-corrected chi connectivity index (χ3v) is 5.95. The highest BCUT2D eigenvalue weighted by atomic mass is 32.2. The maximum Gasteiger partial charge on any atom is 0.271 e. The molecular formula is C13H19N3O4S. The number of nitro groups is 1. The molecule has 7 nitrogen and oxygen atoms in total. The fraction of sp³-hybridized carbons (Fsp3) is 0.538. The van der Waals surface area contributed by atoms with Crippen LogP contribution in [0.4, 0.5) is 5.69 Å². The van der Waals surface area contributed by atoms with E-state index < -0.39 is 21.1 Å². The Kier molecular flexibility index (Phi) is 4.31. The number of hydrogen-bond acceptors (Lipinski definition) is 5. The molecule has 116 valence electrons. The molecule has 1 saturated heterocycles. The molecule has 0 saturated carbocycles. The minimum absolute atomic E-state index is 0.0217. The van der Waals surface area contributed by atoms with Crippen molar-refractivity contribution in [1.82, 2.24) is 4.31 Å². The van der Waals surface area contributed by atoms with Crippen LogP contribution >= 0.6 is 0 Å². The zero-order valence-electron chi connectivity index (χ0n) is 12.1. The van der Waals surface area contributed by atoms with E-state index in [2.05, 4.69) is 0 Å². The van der Waals surface area contributed by atoms with E-state index in [4.69, 9.17) is 5.73 Å². The molecule has 1 heterocycles. The van der Waals surface area contributed by atoms with Gasteiger partial charge < -0.3 is 5.73 Å². The molecule has 0 spiro atoms. The van der Waals surface area contributed by atoms with Crippen LogP contribution in [0.25, 0.3) is 0 Å². The predicted octanol–water partition coefficient (Wildman–Crippen LogP) is 1.67. The number of sulfonamides is 1. The molecule has 1 aliphatic rings. The van der Waals surface area contributed by atoms with Gasteiger partial charge in [-0.1, -0.05) is 0 Å². The summed E-state index contributed by atoms with van der Waals surface area (Å²) in [5, 5.41) is 11.0. The van der Waals surface area contributed by atoms with Gasteiger partial charge in [0, 0.05) is 18.7 Å². The third-order valence-electron chi connectivity index (χ3n) is 3.90. The van der Waals surface area contributed by atoms with Gasteiger partial charge in [-0.25, -0.2) is 8.42 Å². The summed E-state index contributed by atoms with van der Waals surface area (Å²) in [6.07, 6.45) is 1.68. The Morgan fingerprint density at radius 3 is 2.57 bits per heavy atom. The van der Waals surface area contributed by atoms with Crippen molar-refractivity contribution in [2.75, 3.05) is 6.54 Å². The standard InChI is InChI=1S/C13H19N3O4S/c1-9-7-11(16(17)18)8-12(10(9)2)21(19,20)15-6-4-3-5-13(15)14/h7-8,13H,3-6,14H2,1-2H3. The highest BCUT2D eigenvalue weighted by molar-refractivity contribution is 7.89. The van der Waals surface area contributed by atoms with Gasteiger partial charge in [0.1, 0.15) is 0 Å². The van der Waals surface area contributed by atoms with Crippen LogP contribution in [0.2, 0.25) is 0 Å². The first kappa shape index (κ1) is 15.9. The summed E-state index contributed by atoms with van der Waals surface area (Å²) in [5.74, 6) is 0.